The number of amides is 1. The number of benzene rings is 2. The quantitative estimate of drug-likeness (QED) is 0.757. The summed E-state index contributed by atoms with van der Waals surface area (Å²) in [4.78, 5) is 12.6. The molecule has 2 aromatic rings. The summed E-state index contributed by atoms with van der Waals surface area (Å²) in [7, 11) is -3.63. The van der Waals surface area contributed by atoms with Gasteiger partial charge in [0.25, 0.3) is 5.91 Å². The normalized spacial score (nSPS) is 12.0. The predicted octanol–water partition coefficient (Wildman–Crippen LogP) is 3.55. The molecular weight excluding hydrogens is 364 g/mol. The maximum Gasteiger partial charge on any atom is 0.255 e. The maximum absolute atomic E-state index is 12.5. The molecule has 7 heteroatoms. The van der Waals surface area contributed by atoms with Crippen LogP contribution < -0.4 is 10.0 Å². The Kier molecular flexibility index (Phi) is 6.75. The fourth-order valence-electron chi connectivity index (χ4n) is 2.42. The van der Waals surface area contributed by atoms with E-state index >= 15 is 0 Å². The van der Waals surface area contributed by atoms with Gasteiger partial charge in [-0.1, -0.05) is 18.2 Å². The number of carbonyl (C=O) groups is 1. The largest absolute Gasteiger partial charge is 0.377 e. The van der Waals surface area contributed by atoms with Crippen LogP contribution in [0.15, 0.2) is 53.4 Å². The van der Waals surface area contributed by atoms with E-state index in [0.29, 0.717) is 24.5 Å². The van der Waals surface area contributed by atoms with E-state index in [1.807, 2.05) is 25.1 Å². The van der Waals surface area contributed by atoms with Gasteiger partial charge in [0.1, 0.15) is 0 Å². The molecule has 27 heavy (non-hydrogen) atoms. The van der Waals surface area contributed by atoms with Crippen molar-refractivity contribution in [2.45, 2.75) is 44.7 Å². The van der Waals surface area contributed by atoms with Crippen molar-refractivity contribution in [3.63, 3.8) is 0 Å². The number of para-hydroxylation sites is 1. The van der Waals surface area contributed by atoms with Crippen molar-refractivity contribution in [2.24, 2.45) is 0 Å². The van der Waals surface area contributed by atoms with Gasteiger partial charge in [0, 0.05) is 29.0 Å². The third-order valence-corrected chi connectivity index (χ3v) is 5.37. The van der Waals surface area contributed by atoms with Crippen molar-refractivity contribution in [1.29, 1.82) is 0 Å². The molecule has 1 amide bonds. The number of carbonyl (C=O) groups excluding carboxylic acids is 1. The molecule has 2 rings (SSSR count). The first-order chi connectivity index (χ1) is 12.6. The highest BCUT2D eigenvalue weighted by Crippen LogP contribution is 2.18. The van der Waals surface area contributed by atoms with Crippen LogP contribution >= 0.6 is 0 Å². The molecule has 2 aromatic carbocycles. The number of sulfonamides is 1. The molecule has 0 spiro atoms. The molecule has 0 bridgehead atoms. The second-order valence-corrected chi connectivity index (χ2v) is 8.81. The van der Waals surface area contributed by atoms with Crippen LogP contribution in [0.1, 0.15) is 43.6 Å². The predicted molar refractivity (Wildman–Crippen MR) is 106 cm³/mol. The van der Waals surface area contributed by atoms with Crippen molar-refractivity contribution in [1.82, 2.24) is 4.72 Å². The first-order valence-electron chi connectivity index (χ1n) is 8.73. The smallest absolute Gasteiger partial charge is 0.255 e. The van der Waals surface area contributed by atoms with Gasteiger partial charge in [-0.25, -0.2) is 13.1 Å². The molecule has 0 aliphatic carbocycles. The van der Waals surface area contributed by atoms with E-state index in [2.05, 4.69) is 10.0 Å². The molecular formula is C20H26N2O4S. The minimum atomic E-state index is -3.63. The van der Waals surface area contributed by atoms with Gasteiger partial charge in [0.05, 0.1) is 11.5 Å². The summed E-state index contributed by atoms with van der Waals surface area (Å²) >= 11 is 0. The van der Waals surface area contributed by atoms with Crippen LogP contribution in [0.5, 0.6) is 0 Å². The van der Waals surface area contributed by atoms with Gasteiger partial charge in [-0.05, 0) is 58.0 Å². The summed E-state index contributed by atoms with van der Waals surface area (Å²) < 4.78 is 32.7. The van der Waals surface area contributed by atoms with Gasteiger partial charge < -0.3 is 10.1 Å². The Bertz CT molecular complexity index is 885. The Hall–Kier alpha value is -2.22. The number of rotatable bonds is 7. The van der Waals surface area contributed by atoms with E-state index in [9.17, 15) is 13.2 Å². The molecule has 0 saturated heterocycles. The van der Waals surface area contributed by atoms with Crippen molar-refractivity contribution < 1.29 is 17.9 Å². The van der Waals surface area contributed by atoms with Crippen molar-refractivity contribution >= 4 is 21.6 Å². The first-order valence-corrected chi connectivity index (χ1v) is 10.2. The molecule has 146 valence electrons. The number of ether oxygens (including phenoxy) is 1. The number of anilines is 1. The van der Waals surface area contributed by atoms with E-state index in [4.69, 9.17) is 4.74 Å². The molecule has 0 aliphatic rings. The molecule has 2 N–H and O–H groups in total. The summed E-state index contributed by atoms with van der Waals surface area (Å²) in [6.45, 7) is 8.21. The lowest BCUT2D eigenvalue weighted by atomic mass is 10.1. The molecule has 0 fully saturated rings. The average Bonchev–Trinajstić information content (AvgIpc) is 2.59. The lowest BCUT2D eigenvalue weighted by Crippen LogP contribution is -2.40. The first kappa shape index (κ1) is 21.1. The molecule has 0 heterocycles. The van der Waals surface area contributed by atoms with Gasteiger partial charge in [0.2, 0.25) is 10.0 Å². The zero-order chi connectivity index (χ0) is 20.1. The SMILES string of the molecule is CCOCc1ccccc1NC(=O)c1ccc(S(=O)(=O)NC(C)(C)C)cc1. The lowest BCUT2D eigenvalue weighted by molar-refractivity contribution is 0.102. The van der Waals surface area contributed by atoms with Crippen LogP contribution in [0.25, 0.3) is 0 Å². The van der Waals surface area contributed by atoms with Gasteiger partial charge in [0.15, 0.2) is 0 Å². The van der Waals surface area contributed by atoms with Gasteiger partial charge >= 0.3 is 0 Å². The summed E-state index contributed by atoms with van der Waals surface area (Å²) in [6.07, 6.45) is 0. The Morgan fingerprint density at radius 3 is 2.26 bits per heavy atom. The summed E-state index contributed by atoms with van der Waals surface area (Å²) in [5, 5.41) is 2.85. The third kappa shape index (κ3) is 6.16. The zero-order valence-corrected chi connectivity index (χ0v) is 16.9. The Labute approximate surface area is 161 Å². The number of nitrogens with one attached hydrogen (secondary N) is 2. The standard InChI is InChI=1S/C20H26N2O4S/c1-5-26-14-16-8-6-7-9-18(16)21-19(23)15-10-12-17(13-11-15)27(24,25)22-20(2,3)4/h6-13,22H,5,14H2,1-4H3,(H,21,23). The highest BCUT2D eigenvalue weighted by molar-refractivity contribution is 7.89. The van der Waals surface area contributed by atoms with Crippen molar-refractivity contribution in [2.75, 3.05) is 11.9 Å². The topological polar surface area (TPSA) is 84.5 Å². The molecule has 0 aromatic heterocycles. The monoisotopic (exact) mass is 390 g/mol. The minimum Gasteiger partial charge on any atom is -0.377 e. The van der Waals surface area contributed by atoms with Crippen LogP contribution in [0.2, 0.25) is 0 Å². The molecule has 0 saturated carbocycles. The molecule has 6 nitrogen and oxygen atoms in total. The van der Waals surface area contributed by atoms with E-state index in [0.717, 1.165) is 5.56 Å². The van der Waals surface area contributed by atoms with Crippen LogP contribution in [-0.2, 0) is 21.4 Å². The molecule has 0 aliphatic heterocycles. The Morgan fingerprint density at radius 2 is 1.67 bits per heavy atom. The highest BCUT2D eigenvalue weighted by Gasteiger charge is 2.22. The van der Waals surface area contributed by atoms with Crippen molar-refractivity contribution in [3.8, 4) is 0 Å². The zero-order valence-electron chi connectivity index (χ0n) is 16.1. The average molecular weight is 391 g/mol. The van der Waals surface area contributed by atoms with E-state index in [1.54, 1.807) is 26.8 Å². The van der Waals surface area contributed by atoms with E-state index < -0.39 is 15.6 Å². The summed E-state index contributed by atoms with van der Waals surface area (Å²) in [5.74, 6) is -0.313. The Morgan fingerprint density at radius 1 is 1.04 bits per heavy atom. The fraction of sp³-hybridized carbons (Fsp3) is 0.350. The summed E-state index contributed by atoms with van der Waals surface area (Å²) in [6, 6.07) is 13.3. The number of hydrogen-bond acceptors (Lipinski definition) is 4. The van der Waals surface area contributed by atoms with E-state index in [-0.39, 0.29) is 10.8 Å². The van der Waals surface area contributed by atoms with E-state index in [1.165, 1.54) is 24.3 Å². The molecule has 0 unspecified atom stereocenters. The molecule has 0 radical (unpaired) electrons. The number of hydrogen-bond donors (Lipinski definition) is 2. The second-order valence-electron chi connectivity index (χ2n) is 7.13. The maximum atomic E-state index is 12.5. The third-order valence-electron chi connectivity index (χ3n) is 3.59. The minimum absolute atomic E-state index is 0.116. The van der Waals surface area contributed by atoms with Crippen LogP contribution in [-0.4, -0.2) is 26.5 Å². The molecule has 0 atom stereocenters. The van der Waals surface area contributed by atoms with Gasteiger partial charge in [-0.15, -0.1) is 0 Å². The van der Waals surface area contributed by atoms with Crippen molar-refractivity contribution in [3.05, 3.63) is 59.7 Å². The Balaban J connectivity index is 2.15. The van der Waals surface area contributed by atoms with Crippen LogP contribution in [0, 0.1) is 0 Å². The highest BCUT2D eigenvalue weighted by atomic mass is 32.2. The second kappa shape index (κ2) is 8.65. The summed E-state index contributed by atoms with van der Waals surface area (Å²) in [5.41, 5.74) is 1.33. The fourth-order valence-corrected chi connectivity index (χ4v) is 3.84. The van der Waals surface area contributed by atoms with Gasteiger partial charge in [-0.3, -0.25) is 4.79 Å². The van der Waals surface area contributed by atoms with Crippen LogP contribution in [0.4, 0.5) is 5.69 Å². The lowest BCUT2D eigenvalue weighted by Gasteiger charge is -2.20. The van der Waals surface area contributed by atoms with Gasteiger partial charge in [-0.2, -0.15) is 0 Å². The van der Waals surface area contributed by atoms with Crippen LogP contribution in [0.3, 0.4) is 0 Å².